The maximum atomic E-state index is 9.87. The van der Waals surface area contributed by atoms with Crippen LogP contribution in [0.15, 0.2) is 0 Å². The molecule has 3 nitrogen and oxygen atoms in total. The molecule has 3 heteroatoms. The van der Waals surface area contributed by atoms with E-state index in [1.165, 1.54) is 25.9 Å². The van der Waals surface area contributed by atoms with Gasteiger partial charge in [0.05, 0.1) is 6.61 Å². The lowest BCUT2D eigenvalue weighted by Gasteiger charge is -2.44. The van der Waals surface area contributed by atoms with Crippen LogP contribution < -0.4 is 5.32 Å². The van der Waals surface area contributed by atoms with Crippen molar-refractivity contribution in [3.63, 3.8) is 0 Å². The molecule has 2 rings (SSSR count). The maximum absolute atomic E-state index is 9.87. The predicted molar refractivity (Wildman–Crippen MR) is 80.2 cm³/mol. The van der Waals surface area contributed by atoms with Crippen LogP contribution in [0.5, 0.6) is 0 Å². The third-order valence-electron chi connectivity index (χ3n) is 5.25. The maximum Gasteiger partial charge on any atom is 0.0613 e. The Morgan fingerprint density at radius 3 is 2.42 bits per heavy atom. The van der Waals surface area contributed by atoms with Crippen molar-refractivity contribution < 1.29 is 5.11 Å². The topological polar surface area (TPSA) is 35.5 Å². The quantitative estimate of drug-likeness (QED) is 0.821. The summed E-state index contributed by atoms with van der Waals surface area (Å²) in [5, 5.41) is 13.5. The Hall–Kier alpha value is -0.120. The smallest absolute Gasteiger partial charge is 0.0613 e. The predicted octanol–water partition coefficient (Wildman–Crippen LogP) is 2.25. The summed E-state index contributed by atoms with van der Waals surface area (Å²) >= 11 is 0. The molecular formula is C16H32N2O. The van der Waals surface area contributed by atoms with Crippen molar-refractivity contribution in [1.29, 1.82) is 0 Å². The van der Waals surface area contributed by atoms with E-state index in [-0.39, 0.29) is 12.1 Å². The number of nitrogens with one attached hydrogen (secondary N) is 1. The summed E-state index contributed by atoms with van der Waals surface area (Å²) in [6.07, 6.45) is 4.78. The minimum Gasteiger partial charge on any atom is -0.394 e. The Labute approximate surface area is 118 Å². The number of hydrogen-bond donors (Lipinski definition) is 2. The van der Waals surface area contributed by atoms with E-state index in [0.717, 1.165) is 24.7 Å². The van der Waals surface area contributed by atoms with Gasteiger partial charge in [-0.2, -0.15) is 0 Å². The fraction of sp³-hybridized carbons (Fsp3) is 1.00. The molecule has 112 valence electrons. The van der Waals surface area contributed by atoms with Gasteiger partial charge in [-0.1, -0.05) is 27.7 Å². The SMILES string of the molecule is CC(C)NC1(CO)CCCC(N2CC(C)C(C)C2)C1. The average Bonchev–Trinajstić information content (AvgIpc) is 2.69. The van der Waals surface area contributed by atoms with Crippen LogP contribution in [0.1, 0.15) is 53.4 Å². The first-order valence-corrected chi connectivity index (χ1v) is 8.08. The van der Waals surface area contributed by atoms with E-state index >= 15 is 0 Å². The lowest BCUT2D eigenvalue weighted by molar-refractivity contribution is 0.0614. The zero-order valence-corrected chi connectivity index (χ0v) is 13.2. The van der Waals surface area contributed by atoms with Gasteiger partial charge in [-0.15, -0.1) is 0 Å². The molecule has 1 aliphatic heterocycles. The van der Waals surface area contributed by atoms with Crippen molar-refractivity contribution in [2.24, 2.45) is 11.8 Å². The van der Waals surface area contributed by atoms with Crippen LogP contribution >= 0.6 is 0 Å². The summed E-state index contributed by atoms with van der Waals surface area (Å²) in [4.78, 5) is 2.68. The molecule has 0 aromatic carbocycles. The lowest BCUT2D eigenvalue weighted by atomic mass is 9.78. The van der Waals surface area contributed by atoms with Gasteiger partial charge in [0.2, 0.25) is 0 Å². The van der Waals surface area contributed by atoms with E-state index in [2.05, 4.69) is 37.9 Å². The molecular weight excluding hydrogens is 236 g/mol. The lowest BCUT2D eigenvalue weighted by Crippen LogP contribution is -2.57. The molecule has 0 aromatic rings. The van der Waals surface area contributed by atoms with Crippen LogP contribution in [-0.4, -0.2) is 47.3 Å². The molecule has 0 radical (unpaired) electrons. The Kier molecular flexibility index (Phi) is 4.91. The van der Waals surface area contributed by atoms with Gasteiger partial charge in [0.15, 0.2) is 0 Å². The van der Waals surface area contributed by atoms with Crippen molar-refractivity contribution in [3.05, 3.63) is 0 Å². The summed E-state index contributed by atoms with van der Waals surface area (Å²) < 4.78 is 0. The molecule has 0 bridgehead atoms. The van der Waals surface area contributed by atoms with Crippen molar-refractivity contribution in [3.8, 4) is 0 Å². The van der Waals surface area contributed by atoms with Gasteiger partial charge in [0, 0.05) is 30.7 Å². The van der Waals surface area contributed by atoms with Crippen molar-refractivity contribution in [2.45, 2.75) is 71.0 Å². The second-order valence-corrected chi connectivity index (χ2v) is 7.40. The Morgan fingerprint density at radius 1 is 1.26 bits per heavy atom. The standard InChI is InChI=1S/C16H32N2O/c1-12(2)17-16(11-19)7-5-6-15(8-16)18-9-13(3)14(4)10-18/h12-15,17,19H,5-11H2,1-4H3. The van der Waals surface area contributed by atoms with Crippen LogP contribution in [0.4, 0.5) is 0 Å². The molecule has 1 saturated carbocycles. The molecule has 2 aliphatic rings. The largest absolute Gasteiger partial charge is 0.394 e. The molecule has 2 fully saturated rings. The summed E-state index contributed by atoms with van der Waals surface area (Å²) in [5.41, 5.74) is -0.0356. The van der Waals surface area contributed by atoms with Crippen LogP contribution in [-0.2, 0) is 0 Å². The fourth-order valence-corrected chi connectivity index (χ4v) is 4.05. The molecule has 4 atom stereocenters. The number of likely N-dealkylation sites (tertiary alicyclic amines) is 1. The molecule has 1 heterocycles. The number of rotatable bonds is 4. The van der Waals surface area contributed by atoms with Gasteiger partial charge < -0.3 is 10.4 Å². The van der Waals surface area contributed by atoms with Gasteiger partial charge in [-0.05, 0) is 37.5 Å². The molecule has 2 N–H and O–H groups in total. The first-order chi connectivity index (χ1) is 8.96. The third kappa shape index (κ3) is 3.50. The van der Waals surface area contributed by atoms with E-state index in [0.29, 0.717) is 12.1 Å². The first-order valence-electron chi connectivity index (χ1n) is 8.08. The Morgan fingerprint density at radius 2 is 1.89 bits per heavy atom. The van der Waals surface area contributed by atoms with Crippen molar-refractivity contribution >= 4 is 0 Å². The minimum absolute atomic E-state index is 0.0356. The zero-order chi connectivity index (χ0) is 14.0. The van der Waals surface area contributed by atoms with E-state index in [1.54, 1.807) is 0 Å². The molecule has 1 saturated heterocycles. The van der Waals surface area contributed by atoms with Crippen molar-refractivity contribution in [1.82, 2.24) is 10.2 Å². The molecule has 1 aliphatic carbocycles. The van der Waals surface area contributed by atoms with Crippen LogP contribution in [0.2, 0.25) is 0 Å². The first kappa shape index (κ1) is 15.3. The van der Waals surface area contributed by atoms with E-state index in [1.807, 2.05) is 0 Å². The number of hydrogen-bond acceptors (Lipinski definition) is 3. The highest BCUT2D eigenvalue weighted by atomic mass is 16.3. The Bertz CT molecular complexity index is 284. The number of nitrogens with zero attached hydrogens (tertiary/aromatic N) is 1. The highest BCUT2D eigenvalue weighted by molar-refractivity contribution is 4.98. The molecule has 19 heavy (non-hydrogen) atoms. The minimum atomic E-state index is -0.0356. The van der Waals surface area contributed by atoms with Crippen molar-refractivity contribution in [2.75, 3.05) is 19.7 Å². The van der Waals surface area contributed by atoms with Gasteiger partial charge in [0.1, 0.15) is 0 Å². The van der Waals surface area contributed by atoms with Gasteiger partial charge in [-0.25, -0.2) is 0 Å². The van der Waals surface area contributed by atoms with Crippen LogP contribution in [0, 0.1) is 11.8 Å². The van der Waals surface area contributed by atoms with E-state index < -0.39 is 0 Å². The average molecular weight is 268 g/mol. The second kappa shape index (κ2) is 6.11. The normalized spacial score (nSPS) is 41.1. The second-order valence-electron chi connectivity index (χ2n) is 7.40. The monoisotopic (exact) mass is 268 g/mol. The van der Waals surface area contributed by atoms with Gasteiger partial charge >= 0.3 is 0 Å². The molecule has 0 spiro atoms. The molecule has 0 amide bonds. The van der Waals surface area contributed by atoms with Crippen LogP contribution in [0.25, 0.3) is 0 Å². The number of aliphatic hydroxyl groups is 1. The van der Waals surface area contributed by atoms with Crippen LogP contribution in [0.3, 0.4) is 0 Å². The molecule has 4 unspecified atom stereocenters. The third-order valence-corrected chi connectivity index (χ3v) is 5.25. The summed E-state index contributed by atoms with van der Waals surface area (Å²) in [6.45, 7) is 11.9. The van der Waals surface area contributed by atoms with E-state index in [9.17, 15) is 5.11 Å². The highest BCUT2D eigenvalue weighted by Gasteiger charge is 2.40. The molecule has 0 aromatic heterocycles. The summed E-state index contributed by atoms with van der Waals surface area (Å²) in [5.74, 6) is 1.65. The summed E-state index contributed by atoms with van der Waals surface area (Å²) in [6, 6.07) is 1.11. The zero-order valence-electron chi connectivity index (χ0n) is 13.2. The van der Waals surface area contributed by atoms with Gasteiger partial charge in [-0.3, -0.25) is 4.90 Å². The fourth-order valence-electron chi connectivity index (χ4n) is 4.05. The van der Waals surface area contributed by atoms with E-state index in [4.69, 9.17) is 0 Å². The highest BCUT2D eigenvalue weighted by Crippen LogP contribution is 2.35. The summed E-state index contributed by atoms with van der Waals surface area (Å²) in [7, 11) is 0. The number of aliphatic hydroxyl groups excluding tert-OH is 1. The van der Waals surface area contributed by atoms with Gasteiger partial charge in [0.25, 0.3) is 0 Å². The Balaban J connectivity index is 2.00.